The van der Waals surface area contributed by atoms with Crippen LogP contribution in [0.15, 0.2) is 76.3 Å². The summed E-state index contributed by atoms with van der Waals surface area (Å²) in [5, 5.41) is 4.02. The fourth-order valence-electron chi connectivity index (χ4n) is 2.87. The Kier molecular flexibility index (Phi) is 8.87. The molecular formula is C26H27BrN2O3. The van der Waals surface area contributed by atoms with Crippen LogP contribution >= 0.6 is 15.9 Å². The molecule has 0 spiro atoms. The minimum Gasteiger partial charge on any atom is -0.492 e. The molecule has 0 aliphatic rings. The Morgan fingerprint density at radius 1 is 0.969 bits per heavy atom. The maximum atomic E-state index is 11.9. The van der Waals surface area contributed by atoms with Crippen LogP contribution in [0.4, 0.5) is 0 Å². The number of nitrogens with one attached hydrogen (secondary N) is 1. The van der Waals surface area contributed by atoms with Crippen molar-refractivity contribution in [1.29, 1.82) is 0 Å². The van der Waals surface area contributed by atoms with Gasteiger partial charge in [-0.1, -0.05) is 35.9 Å². The van der Waals surface area contributed by atoms with Crippen LogP contribution in [-0.2, 0) is 11.4 Å². The fraction of sp³-hybridized carbons (Fsp3) is 0.231. The first-order chi connectivity index (χ1) is 15.5. The molecule has 0 heterocycles. The average molecular weight is 495 g/mol. The van der Waals surface area contributed by atoms with Gasteiger partial charge in [-0.3, -0.25) is 4.79 Å². The first-order valence-corrected chi connectivity index (χ1v) is 11.3. The highest BCUT2D eigenvalue weighted by Crippen LogP contribution is 2.25. The number of carbonyl (C=O) groups excluding carboxylic acids is 1. The zero-order valence-corrected chi connectivity index (χ0v) is 19.9. The summed E-state index contributed by atoms with van der Waals surface area (Å²) in [7, 11) is 0. The van der Waals surface area contributed by atoms with Gasteiger partial charge in [0.05, 0.1) is 17.3 Å². The van der Waals surface area contributed by atoms with Crippen LogP contribution in [0.5, 0.6) is 11.5 Å². The molecule has 6 heteroatoms. The fourth-order valence-corrected chi connectivity index (χ4v) is 3.48. The number of carbonyl (C=O) groups is 1. The van der Waals surface area contributed by atoms with Crippen LogP contribution in [0.1, 0.15) is 35.1 Å². The van der Waals surface area contributed by atoms with Crippen molar-refractivity contribution < 1.29 is 14.3 Å². The van der Waals surface area contributed by atoms with Crippen LogP contribution in [0.2, 0.25) is 0 Å². The van der Waals surface area contributed by atoms with E-state index in [4.69, 9.17) is 9.47 Å². The maximum absolute atomic E-state index is 11.9. The molecule has 0 saturated heterocycles. The van der Waals surface area contributed by atoms with Crippen molar-refractivity contribution in [3.63, 3.8) is 0 Å². The first kappa shape index (κ1) is 23.5. The van der Waals surface area contributed by atoms with Gasteiger partial charge in [-0.05, 0) is 89.3 Å². The maximum Gasteiger partial charge on any atom is 0.240 e. The second-order valence-corrected chi connectivity index (χ2v) is 8.38. The molecular weight excluding hydrogens is 468 g/mol. The lowest BCUT2D eigenvalue weighted by Gasteiger charge is -2.08. The Morgan fingerprint density at radius 3 is 2.41 bits per heavy atom. The number of aryl methyl sites for hydroxylation is 2. The number of ether oxygens (including phenoxy) is 2. The molecule has 3 rings (SSSR count). The molecule has 0 saturated carbocycles. The number of nitrogens with zero attached hydrogens (tertiary/aromatic N) is 1. The van der Waals surface area contributed by atoms with Gasteiger partial charge >= 0.3 is 0 Å². The first-order valence-electron chi connectivity index (χ1n) is 10.5. The van der Waals surface area contributed by atoms with E-state index < -0.39 is 0 Å². The van der Waals surface area contributed by atoms with E-state index in [9.17, 15) is 4.79 Å². The number of hydrogen-bond acceptors (Lipinski definition) is 4. The molecule has 1 amide bonds. The van der Waals surface area contributed by atoms with Crippen LogP contribution in [0.25, 0.3) is 0 Å². The third-order valence-electron chi connectivity index (χ3n) is 4.70. The predicted molar refractivity (Wildman–Crippen MR) is 131 cm³/mol. The Labute approximate surface area is 197 Å². The molecule has 3 aromatic carbocycles. The molecule has 0 atom stereocenters. The van der Waals surface area contributed by atoms with Crippen molar-refractivity contribution in [2.24, 2.45) is 5.10 Å². The lowest BCUT2D eigenvalue weighted by molar-refractivity contribution is -0.121. The van der Waals surface area contributed by atoms with Gasteiger partial charge in [0, 0.05) is 6.42 Å². The van der Waals surface area contributed by atoms with E-state index in [-0.39, 0.29) is 5.91 Å². The molecule has 0 aromatic heterocycles. The van der Waals surface area contributed by atoms with Crippen LogP contribution in [0, 0.1) is 13.8 Å². The van der Waals surface area contributed by atoms with E-state index in [1.54, 1.807) is 6.21 Å². The number of rotatable bonds is 10. The van der Waals surface area contributed by atoms with Gasteiger partial charge in [0.1, 0.15) is 18.1 Å². The van der Waals surface area contributed by atoms with E-state index in [1.165, 1.54) is 5.56 Å². The summed E-state index contributed by atoms with van der Waals surface area (Å²) in [5.74, 6) is 1.41. The zero-order valence-electron chi connectivity index (χ0n) is 18.3. The molecule has 0 aliphatic heterocycles. The number of benzene rings is 3. The standard InChI is InChI=1S/C26H27BrN2O3/c1-19-5-8-22(9-6-19)18-32-23-12-10-21(11-13-23)17-28-29-26(30)4-3-15-31-25-14-7-20(2)16-24(25)27/h5-14,16-17H,3-4,15,18H2,1-2H3,(H,29,30)/b28-17+. The summed E-state index contributed by atoms with van der Waals surface area (Å²) in [6, 6.07) is 21.7. The molecule has 166 valence electrons. The Balaban J connectivity index is 1.34. The largest absolute Gasteiger partial charge is 0.492 e. The van der Waals surface area contributed by atoms with Crippen molar-refractivity contribution >= 4 is 28.1 Å². The van der Waals surface area contributed by atoms with Crippen molar-refractivity contribution in [3.8, 4) is 11.5 Å². The molecule has 0 radical (unpaired) electrons. The topological polar surface area (TPSA) is 59.9 Å². The van der Waals surface area contributed by atoms with Crippen molar-refractivity contribution in [1.82, 2.24) is 5.43 Å². The molecule has 5 nitrogen and oxygen atoms in total. The Bertz CT molecular complexity index is 1050. The highest BCUT2D eigenvalue weighted by molar-refractivity contribution is 9.10. The zero-order chi connectivity index (χ0) is 22.8. The summed E-state index contributed by atoms with van der Waals surface area (Å²) in [4.78, 5) is 11.9. The van der Waals surface area contributed by atoms with E-state index >= 15 is 0 Å². The van der Waals surface area contributed by atoms with Gasteiger partial charge in [0.25, 0.3) is 0 Å². The predicted octanol–water partition coefficient (Wildman–Crippen LogP) is 5.95. The lowest BCUT2D eigenvalue weighted by Crippen LogP contribution is -2.18. The second kappa shape index (κ2) is 12.1. The monoisotopic (exact) mass is 494 g/mol. The number of halogens is 1. The normalized spacial score (nSPS) is 10.8. The summed E-state index contributed by atoms with van der Waals surface area (Å²) >= 11 is 3.48. The van der Waals surface area contributed by atoms with Crippen LogP contribution < -0.4 is 14.9 Å². The molecule has 0 bridgehead atoms. The molecule has 3 aromatic rings. The van der Waals surface area contributed by atoms with Gasteiger partial charge in [-0.2, -0.15) is 5.10 Å². The number of hydrogen-bond donors (Lipinski definition) is 1. The lowest BCUT2D eigenvalue weighted by atomic mass is 10.2. The highest BCUT2D eigenvalue weighted by Gasteiger charge is 2.03. The summed E-state index contributed by atoms with van der Waals surface area (Å²) in [6.45, 7) is 5.07. The SMILES string of the molecule is Cc1ccc(COc2ccc(/C=N/NC(=O)CCCOc3ccc(C)cc3Br)cc2)cc1. The third kappa shape index (κ3) is 7.85. The summed E-state index contributed by atoms with van der Waals surface area (Å²) in [5.41, 5.74) is 6.94. The molecule has 0 unspecified atom stereocenters. The number of amides is 1. The van der Waals surface area contributed by atoms with Gasteiger partial charge in [0.2, 0.25) is 5.91 Å². The van der Waals surface area contributed by atoms with Crippen molar-refractivity contribution in [3.05, 3.63) is 93.5 Å². The van der Waals surface area contributed by atoms with Gasteiger partial charge in [0.15, 0.2) is 0 Å². The quantitative estimate of drug-likeness (QED) is 0.215. The summed E-state index contributed by atoms with van der Waals surface area (Å²) < 4.78 is 12.4. The highest BCUT2D eigenvalue weighted by atomic mass is 79.9. The van der Waals surface area contributed by atoms with E-state index in [0.29, 0.717) is 26.1 Å². The smallest absolute Gasteiger partial charge is 0.240 e. The van der Waals surface area contributed by atoms with Gasteiger partial charge < -0.3 is 9.47 Å². The molecule has 0 fully saturated rings. The number of hydrazone groups is 1. The molecule has 0 aliphatic carbocycles. The molecule has 1 N–H and O–H groups in total. The minimum absolute atomic E-state index is 0.147. The minimum atomic E-state index is -0.147. The van der Waals surface area contributed by atoms with Crippen LogP contribution in [0.3, 0.4) is 0 Å². The van der Waals surface area contributed by atoms with E-state index in [0.717, 1.165) is 32.7 Å². The Morgan fingerprint density at radius 2 is 1.69 bits per heavy atom. The summed E-state index contributed by atoms with van der Waals surface area (Å²) in [6.07, 6.45) is 2.56. The van der Waals surface area contributed by atoms with Crippen LogP contribution in [-0.4, -0.2) is 18.7 Å². The average Bonchev–Trinajstić information content (AvgIpc) is 2.78. The Hall–Kier alpha value is -3.12. The molecule has 32 heavy (non-hydrogen) atoms. The van der Waals surface area contributed by atoms with Crippen molar-refractivity contribution in [2.45, 2.75) is 33.3 Å². The van der Waals surface area contributed by atoms with Crippen molar-refractivity contribution in [2.75, 3.05) is 6.61 Å². The third-order valence-corrected chi connectivity index (χ3v) is 5.32. The van der Waals surface area contributed by atoms with Gasteiger partial charge in [-0.25, -0.2) is 5.43 Å². The van der Waals surface area contributed by atoms with Gasteiger partial charge in [-0.15, -0.1) is 0 Å². The van der Waals surface area contributed by atoms with E-state index in [2.05, 4.69) is 57.6 Å². The second-order valence-electron chi connectivity index (χ2n) is 7.52. The van der Waals surface area contributed by atoms with E-state index in [1.807, 2.05) is 49.4 Å².